The quantitative estimate of drug-likeness (QED) is 0.860. The molecule has 0 fully saturated rings. The van der Waals surface area contributed by atoms with Crippen molar-refractivity contribution in [2.75, 3.05) is 14.2 Å². The van der Waals surface area contributed by atoms with Gasteiger partial charge in [0.05, 0.1) is 32.4 Å². The number of methoxy groups -OCH3 is 2. The third-order valence-electron chi connectivity index (χ3n) is 3.66. The van der Waals surface area contributed by atoms with Gasteiger partial charge in [-0.3, -0.25) is 4.79 Å². The van der Waals surface area contributed by atoms with Crippen LogP contribution in [-0.4, -0.2) is 25.2 Å². The number of hydrogen-bond donors (Lipinski definition) is 2. The molecule has 0 saturated heterocycles. The lowest BCUT2D eigenvalue weighted by Gasteiger charge is -2.18. The van der Waals surface area contributed by atoms with Gasteiger partial charge in [-0.1, -0.05) is 36.4 Å². The van der Waals surface area contributed by atoms with Gasteiger partial charge in [-0.25, -0.2) is 0 Å². The van der Waals surface area contributed by atoms with Crippen molar-refractivity contribution in [3.63, 3.8) is 0 Å². The maximum atomic E-state index is 12.6. The van der Waals surface area contributed by atoms with Crippen LogP contribution in [0, 0.1) is 0 Å². The molecule has 0 saturated carbocycles. The number of hydrogen-bond acceptors (Lipinski definition) is 4. The second-order valence-electron chi connectivity index (χ2n) is 5.10. The zero-order chi connectivity index (χ0) is 16.8. The number of rotatable bonds is 6. The van der Waals surface area contributed by atoms with Crippen LogP contribution >= 0.6 is 0 Å². The molecular formula is C18H21NO4. The molecule has 1 atom stereocenters. The number of carbonyl (C=O) groups excluding carboxylic acids is 1. The van der Waals surface area contributed by atoms with Crippen LogP contribution in [0.2, 0.25) is 0 Å². The predicted molar refractivity (Wildman–Crippen MR) is 87.8 cm³/mol. The van der Waals surface area contributed by atoms with Gasteiger partial charge in [0.15, 0.2) is 11.5 Å². The van der Waals surface area contributed by atoms with Gasteiger partial charge in [0.25, 0.3) is 5.91 Å². The molecule has 2 rings (SSSR count). The highest BCUT2D eigenvalue weighted by Crippen LogP contribution is 2.35. The maximum absolute atomic E-state index is 12.6. The largest absolute Gasteiger partial charge is 0.492 e. The van der Waals surface area contributed by atoms with E-state index in [9.17, 15) is 9.90 Å². The number of ether oxygens (including phenoxy) is 2. The minimum atomic E-state index is -0.263. The van der Waals surface area contributed by atoms with E-state index in [2.05, 4.69) is 5.32 Å². The Bertz CT molecular complexity index is 670. The summed E-state index contributed by atoms with van der Waals surface area (Å²) in [5.74, 6) is 0.424. The first kappa shape index (κ1) is 16.8. The maximum Gasteiger partial charge on any atom is 0.255 e. The van der Waals surface area contributed by atoms with Crippen molar-refractivity contribution in [1.82, 2.24) is 5.32 Å². The van der Waals surface area contributed by atoms with Crippen LogP contribution in [0.5, 0.6) is 11.5 Å². The summed E-state index contributed by atoms with van der Waals surface area (Å²) < 4.78 is 10.6. The summed E-state index contributed by atoms with van der Waals surface area (Å²) in [5.41, 5.74) is 1.94. The van der Waals surface area contributed by atoms with E-state index in [1.165, 1.54) is 14.2 Å². The third kappa shape index (κ3) is 3.63. The summed E-state index contributed by atoms with van der Waals surface area (Å²) in [5, 5.41) is 12.3. The van der Waals surface area contributed by atoms with E-state index >= 15 is 0 Å². The molecule has 0 aliphatic rings. The van der Waals surface area contributed by atoms with Crippen LogP contribution in [0.1, 0.15) is 34.5 Å². The zero-order valence-electron chi connectivity index (χ0n) is 13.5. The van der Waals surface area contributed by atoms with Crippen molar-refractivity contribution in [1.29, 1.82) is 0 Å². The fourth-order valence-corrected chi connectivity index (χ4v) is 2.43. The zero-order valence-corrected chi connectivity index (χ0v) is 13.5. The Morgan fingerprint density at radius 2 is 1.74 bits per heavy atom. The van der Waals surface area contributed by atoms with Crippen molar-refractivity contribution in [3.8, 4) is 11.5 Å². The lowest BCUT2D eigenvalue weighted by Crippen LogP contribution is -2.27. The van der Waals surface area contributed by atoms with Crippen molar-refractivity contribution < 1.29 is 19.4 Å². The molecule has 0 heterocycles. The monoisotopic (exact) mass is 315 g/mol. The van der Waals surface area contributed by atoms with Gasteiger partial charge >= 0.3 is 0 Å². The Morgan fingerprint density at radius 3 is 2.30 bits per heavy atom. The first-order valence-corrected chi connectivity index (χ1v) is 7.32. The van der Waals surface area contributed by atoms with Gasteiger partial charge in [-0.15, -0.1) is 0 Å². The highest BCUT2D eigenvalue weighted by atomic mass is 16.5. The Labute approximate surface area is 135 Å². The van der Waals surface area contributed by atoms with Crippen LogP contribution in [0.3, 0.4) is 0 Å². The first-order valence-electron chi connectivity index (χ1n) is 7.32. The molecule has 2 aromatic carbocycles. The van der Waals surface area contributed by atoms with Crippen LogP contribution in [0.15, 0.2) is 42.5 Å². The van der Waals surface area contributed by atoms with Crippen LogP contribution in [0.4, 0.5) is 0 Å². The summed E-state index contributed by atoms with van der Waals surface area (Å²) >= 11 is 0. The number of benzene rings is 2. The third-order valence-corrected chi connectivity index (χ3v) is 3.66. The summed E-state index contributed by atoms with van der Waals surface area (Å²) in [6, 6.07) is 12.8. The van der Waals surface area contributed by atoms with E-state index in [4.69, 9.17) is 9.47 Å². The minimum absolute atomic E-state index is 0.142. The highest BCUT2D eigenvalue weighted by Gasteiger charge is 2.21. The smallest absolute Gasteiger partial charge is 0.255 e. The summed E-state index contributed by atoms with van der Waals surface area (Å²) in [6.07, 6.45) is 0. The van der Waals surface area contributed by atoms with Gasteiger partial charge in [0.1, 0.15) is 0 Å². The highest BCUT2D eigenvalue weighted by molar-refractivity contribution is 5.98. The SMILES string of the molecule is COc1c(CO)ccc(C(=O)N[C@@H](C)c2ccccc2)c1OC. The molecule has 0 aliphatic heterocycles. The second-order valence-corrected chi connectivity index (χ2v) is 5.10. The number of nitrogens with one attached hydrogen (secondary N) is 1. The molecule has 0 bridgehead atoms. The molecule has 5 nitrogen and oxygen atoms in total. The normalized spacial score (nSPS) is 11.7. The standard InChI is InChI=1S/C18H21NO4/c1-12(13-7-5-4-6-8-13)19-18(21)15-10-9-14(11-20)16(22-2)17(15)23-3/h4-10,12,20H,11H2,1-3H3,(H,19,21)/t12-/m0/s1. The molecule has 0 aromatic heterocycles. The van der Waals surface area contributed by atoms with Gasteiger partial charge in [0, 0.05) is 5.56 Å². The average molecular weight is 315 g/mol. The molecule has 0 spiro atoms. The van der Waals surface area contributed by atoms with E-state index in [1.807, 2.05) is 37.3 Å². The van der Waals surface area contributed by atoms with Crippen LogP contribution in [-0.2, 0) is 6.61 Å². The van der Waals surface area contributed by atoms with Crippen LogP contribution in [0.25, 0.3) is 0 Å². The van der Waals surface area contributed by atoms with Crippen molar-refractivity contribution in [2.45, 2.75) is 19.6 Å². The van der Waals surface area contributed by atoms with Gasteiger partial charge in [-0.05, 0) is 18.6 Å². The van der Waals surface area contributed by atoms with Gasteiger partial charge < -0.3 is 19.9 Å². The van der Waals surface area contributed by atoms with Crippen molar-refractivity contribution in [3.05, 3.63) is 59.2 Å². The van der Waals surface area contributed by atoms with Crippen LogP contribution < -0.4 is 14.8 Å². The number of amides is 1. The molecule has 0 radical (unpaired) electrons. The summed E-state index contributed by atoms with van der Waals surface area (Å²) in [7, 11) is 2.95. The molecule has 5 heteroatoms. The Balaban J connectivity index is 2.29. The predicted octanol–water partition coefficient (Wildman–Crippen LogP) is 2.69. The lowest BCUT2D eigenvalue weighted by atomic mass is 10.1. The molecule has 122 valence electrons. The summed E-state index contributed by atoms with van der Waals surface area (Å²) in [4.78, 5) is 12.6. The second kappa shape index (κ2) is 7.65. The van der Waals surface area contributed by atoms with E-state index in [-0.39, 0.29) is 18.6 Å². The van der Waals surface area contributed by atoms with E-state index < -0.39 is 0 Å². The van der Waals surface area contributed by atoms with Crippen molar-refractivity contribution in [2.24, 2.45) is 0 Å². The van der Waals surface area contributed by atoms with Gasteiger partial charge in [-0.2, -0.15) is 0 Å². The molecule has 0 aliphatic carbocycles. The minimum Gasteiger partial charge on any atom is -0.492 e. The number of aliphatic hydroxyl groups excluding tert-OH is 1. The molecule has 1 amide bonds. The Hall–Kier alpha value is -2.53. The fraction of sp³-hybridized carbons (Fsp3) is 0.278. The van der Waals surface area contributed by atoms with E-state index in [1.54, 1.807) is 12.1 Å². The fourth-order valence-electron chi connectivity index (χ4n) is 2.43. The Morgan fingerprint density at radius 1 is 1.09 bits per heavy atom. The topological polar surface area (TPSA) is 67.8 Å². The first-order chi connectivity index (χ1) is 11.1. The number of carbonyl (C=O) groups is 1. The van der Waals surface area contributed by atoms with Crippen molar-refractivity contribution >= 4 is 5.91 Å². The van der Waals surface area contributed by atoms with E-state index in [0.717, 1.165) is 5.56 Å². The summed E-state index contributed by atoms with van der Waals surface area (Å²) in [6.45, 7) is 1.72. The van der Waals surface area contributed by atoms with E-state index in [0.29, 0.717) is 22.6 Å². The number of aliphatic hydroxyl groups is 1. The lowest BCUT2D eigenvalue weighted by molar-refractivity contribution is 0.0936. The molecule has 2 aromatic rings. The molecule has 23 heavy (non-hydrogen) atoms. The Kier molecular flexibility index (Phi) is 5.60. The molecule has 0 unspecified atom stereocenters. The van der Waals surface area contributed by atoms with Gasteiger partial charge in [0.2, 0.25) is 0 Å². The average Bonchev–Trinajstić information content (AvgIpc) is 2.60. The molecule has 2 N–H and O–H groups in total. The molecular weight excluding hydrogens is 294 g/mol.